The van der Waals surface area contributed by atoms with Crippen LogP contribution >= 0.6 is 0 Å². The van der Waals surface area contributed by atoms with E-state index < -0.39 is 0 Å². The topological polar surface area (TPSA) is 37.3 Å². The van der Waals surface area contributed by atoms with Crippen molar-refractivity contribution >= 4 is 5.78 Å². The average molecular weight is 429 g/mol. The molecule has 3 saturated carbocycles. The number of fused-ring (bicyclic) bond motifs is 5. The van der Waals surface area contributed by atoms with Crippen molar-refractivity contribution in [3.05, 3.63) is 11.6 Å². The van der Waals surface area contributed by atoms with Gasteiger partial charge in [-0.05, 0) is 104 Å². The average Bonchev–Trinajstić information content (AvgIpc) is 3.06. The van der Waals surface area contributed by atoms with Gasteiger partial charge in [0.05, 0.1) is 6.10 Å². The van der Waals surface area contributed by atoms with Gasteiger partial charge in [-0.25, -0.2) is 0 Å². The number of aliphatic hydroxyl groups is 1. The summed E-state index contributed by atoms with van der Waals surface area (Å²) < 4.78 is 0. The first kappa shape index (κ1) is 23.5. The Morgan fingerprint density at radius 3 is 2.45 bits per heavy atom. The lowest BCUT2D eigenvalue weighted by Crippen LogP contribution is -2.53. The van der Waals surface area contributed by atoms with E-state index in [-0.39, 0.29) is 17.4 Å². The molecule has 9 atom stereocenters. The van der Waals surface area contributed by atoms with Crippen LogP contribution in [0.15, 0.2) is 11.6 Å². The lowest BCUT2D eigenvalue weighted by Gasteiger charge is -2.57. The van der Waals surface area contributed by atoms with E-state index in [9.17, 15) is 9.90 Å². The maximum atomic E-state index is 13.5. The minimum atomic E-state index is -0.243. The number of hydrogen-bond donors (Lipinski definition) is 1. The number of allylic oxidation sites excluding steroid dienone is 1. The monoisotopic (exact) mass is 428 g/mol. The molecule has 0 spiro atoms. The van der Waals surface area contributed by atoms with Crippen LogP contribution in [-0.2, 0) is 4.79 Å². The SMILES string of the molecule is CC[C@H](CC[C@H](C)[C@H]1CC[C@H]2[C@@H]3C(=O)C=C4C[C@@H](O)CC[C@]4(C)[C@H]3CC[C@]12C)C(C)C. The Kier molecular flexibility index (Phi) is 6.54. The highest BCUT2D eigenvalue weighted by Crippen LogP contribution is 2.66. The Labute approximate surface area is 191 Å². The molecule has 4 aliphatic carbocycles. The second-order valence-corrected chi connectivity index (χ2v) is 12.8. The first-order valence-electron chi connectivity index (χ1n) is 13.5. The third-order valence-electron chi connectivity index (χ3n) is 11.1. The van der Waals surface area contributed by atoms with Crippen molar-refractivity contribution in [3.8, 4) is 0 Å². The molecule has 1 N–H and O–H groups in total. The quantitative estimate of drug-likeness (QED) is 0.485. The molecule has 0 aromatic heterocycles. The summed E-state index contributed by atoms with van der Waals surface area (Å²) in [6.45, 7) is 14.6. The van der Waals surface area contributed by atoms with E-state index >= 15 is 0 Å². The second-order valence-electron chi connectivity index (χ2n) is 12.8. The summed E-state index contributed by atoms with van der Waals surface area (Å²) in [6.07, 6.45) is 13.5. The van der Waals surface area contributed by atoms with Crippen molar-refractivity contribution < 1.29 is 9.90 Å². The van der Waals surface area contributed by atoms with Crippen LogP contribution in [0.1, 0.15) is 106 Å². The van der Waals surface area contributed by atoms with Gasteiger partial charge in [-0.2, -0.15) is 0 Å². The minimum Gasteiger partial charge on any atom is -0.393 e. The summed E-state index contributed by atoms with van der Waals surface area (Å²) in [5.41, 5.74) is 1.75. The van der Waals surface area contributed by atoms with Crippen LogP contribution in [0.5, 0.6) is 0 Å². The van der Waals surface area contributed by atoms with E-state index in [1.54, 1.807) is 0 Å². The Hall–Kier alpha value is -0.630. The van der Waals surface area contributed by atoms with Crippen LogP contribution in [0.4, 0.5) is 0 Å². The van der Waals surface area contributed by atoms with Gasteiger partial charge in [0, 0.05) is 5.92 Å². The van der Waals surface area contributed by atoms with Crippen LogP contribution in [0.2, 0.25) is 0 Å². The number of carbonyl (C=O) groups excluding carboxylic acids is 1. The highest BCUT2D eigenvalue weighted by molar-refractivity contribution is 5.94. The minimum absolute atomic E-state index is 0.147. The van der Waals surface area contributed by atoms with E-state index in [4.69, 9.17) is 0 Å². The molecule has 0 bridgehead atoms. The maximum Gasteiger partial charge on any atom is 0.159 e. The van der Waals surface area contributed by atoms with Crippen LogP contribution < -0.4 is 0 Å². The van der Waals surface area contributed by atoms with Crippen LogP contribution in [0.25, 0.3) is 0 Å². The van der Waals surface area contributed by atoms with Gasteiger partial charge in [-0.1, -0.05) is 60.0 Å². The van der Waals surface area contributed by atoms with Crippen molar-refractivity contribution in [1.82, 2.24) is 0 Å². The lowest BCUT2D eigenvalue weighted by atomic mass is 9.46. The van der Waals surface area contributed by atoms with Gasteiger partial charge in [0.1, 0.15) is 0 Å². The molecule has 0 aliphatic heterocycles. The number of rotatable bonds is 6. The summed E-state index contributed by atoms with van der Waals surface area (Å²) in [4.78, 5) is 13.5. The molecular weight excluding hydrogens is 380 g/mol. The molecule has 2 nitrogen and oxygen atoms in total. The van der Waals surface area contributed by atoms with Gasteiger partial charge in [0.2, 0.25) is 0 Å². The van der Waals surface area contributed by atoms with Crippen molar-refractivity contribution in [2.24, 2.45) is 52.3 Å². The third-order valence-corrected chi connectivity index (χ3v) is 11.1. The fraction of sp³-hybridized carbons (Fsp3) is 0.897. The zero-order chi connectivity index (χ0) is 22.6. The fourth-order valence-corrected chi connectivity index (χ4v) is 9.04. The number of carbonyl (C=O) groups is 1. The molecule has 0 aromatic carbocycles. The van der Waals surface area contributed by atoms with Gasteiger partial charge in [0.15, 0.2) is 5.78 Å². The highest BCUT2D eigenvalue weighted by Gasteiger charge is 2.61. The fourth-order valence-electron chi connectivity index (χ4n) is 9.04. The highest BCUT2D eigenvalue weighted by atomic mass is 16.3. The van der Waals surface area contributed by atoms with Gasteiger partial charge in [-0.3, -0.25) is 4.79 Å². The second kappa shape index (κ2) is 8.62. The standard InChI is InChI=1S/C29H48O2/c1-7-20(18(2)3)9-8-19(4)23-10-11-24-27-25(13-15-29(23,24)6)28(5)14-12-22(30)16-21(28)17-26(27)31/h17-20,22-25,27,30H,7-16H2,1-6H3/t19-,20+,22-,23+,24-,25-,27-,28-,29+/m0/s1. The molecule has 2 heteroatoms. The molecule has 4 rings (SSSR count). The largest absolute Gasteiger partial charge is 0.393 e. The zero-order valence-corrected chi connectivity index (χ0v) is 21.1. The van der Waals surface area contributed by atoms with Crippen LogP contribution in [0, 0.1) is 52.3 Å². The third kappa shape index (κ3) is 3.87. The van der Waals surface area contributed by atoms with Gasteiger partial charge in [-0.15, -0.1) is 0 Å². The molecule has 0 amide bonds. The molecule has 4 aliphatic rings. The molecule has 176 valence electrons. The van der Waals surface area contributed by atoms with Gasteiger partial charge in [0.25, 0.3) is 0 Å². The van der Waals surface area contributed by atoms with Gasteiger partial charge >= 0.3 is 0 Å². The van der Waals surface area contributed by atoms with Crippen molar-refractivity contribution in [1.29, 1.82) is 0 Å². The summed E-state index contributed by atoms with van der Waals surface area (Å²) in [6, 6.07) is 0. The van der Waals surface area contributed by atoms with E-state index in [0.717, 1.165) is 42.9 Å². The number of ketones is 1. The smallest absolute Gasteiger partial charge is 0.159 e. The summed E-state index contributed by atoms with van der Waals surface area (Å²) in [5.74, 6) is 4.90. The zero-order valence-electron chi connectivity index (χ0n) is 21.1. The van der Waals surface area contributed by atoms with E-state index in [2.05, 4.69) is 41.5 Å². The first-order chi connectivity index (χ1) is 14.6. The molecule has 0 saturated heterocycles. The van der Waals surface area contributed by atoms with Crippen molar-refractivity contribution in [2.75, 3.05) is 0 Å². The summed E-state index contributed by atoms with van der Waals surface area (Å²) in [5, 5.41) is 10.2. The van der Waals surface area contributed by atoms with Gasteiger partial charge < -0.3 is 5.11 Å². The normalized spacial score (nSPS) is 44.3. The van der Waals surface area contributed by atoms with E-state index in [0.29, 0.717) is 23.0 Å². The Morgan fingerprint density at radius 2 is 1.77 bits per heavy atom. The molecule has 0 radical (unpaired) electrons. The summed E-state index contributed by atoms with van der Waals surface area (Å²) in [7, 11) is 0. The molecule has 0 heterocycles. The van der Waals surface area contributed by atoms with Crippen LogP contribution in [0.3, 0.4) is 0 Å². The predicted octanol–water partition coefficient (Wildman–Crippen LogP) is 7.20. The predicted molar refractivity (Wildman–Crippen MR) is 129 cm³/mol. The molecular formula is C29H48O2. The maximum absolute atomic E-state index is 13.5. The first-order valence-corrected chi connectivity index (χ1v) is 13.5. The Bertz CT molecular complexity index is 708. The Balaban J connectivity index is 1.52. The Morgan fingerprint density at radius 1 is 1.03 bits per heavy atom. The summed E-state index contributed by atoms with van der Waals surface area (Å²) >= 11 is 0. The molecule has 31 heavy (non-hydrogen) atoms. The van der Waals surface area contributed by atoms with E-state index in [1.165, 1.54) is 50.5 Å². The van der Waals surface area contributed by atoms with Crippen LogP contribution in [-0.4, -0.2) is 17.0 Å². The number of hydrogen-bond acceptors (Lipinski definition) is 2. The van der Waals surface area contributed by atoms with Crippen molar-refractivity contribution in [3.63, 3.8) is 0 Å². The van der Waals surface area contributed by atoms with E-state index in [1.807, 2.05) is 6.08 Å². The molecule has 0 aromatic rings. The van der Waals surface area contributed by atoms with Crippen molar-refractivity contribution in [2.45, 2.75) is 112 Å². The molecule has 3 fully saturated rings. The number of aliphatic hydroxyl groups excluding tert-OH is 1. The lowest BCUT2D eigenvalue weighted by molar-refractivity contribution is -0.135. The molecule has 0 unspecified atom stereocenters.